The Labute approximate surface area is 144 Å². The first-order valence-corrected chi connectivity index (χ1v) is 9.66. The van der Waals surface area contributed by atoms with E-state index < -0.39 is 10.0 Å². The van der Waals surface area contributed by atoms with E-state index in [0.717, 1.165) is 31.6 Å². The van der Waals surface area contributed by atoms with Gasteiger partial charge in [-0.1, -0.05) is 0 Å². The zero-order valence-electron chi connectivity index (χ0n) is 12.4. The minimum absolute atomic E-state index is 0. The number of hydrogen-bond acceptors (Lipinski definition) is 4. The van der Waals surface area contributed by atoms with Gasteiger partial charge in [0.15, 0.2) is 5.96 Å². The minimum atomic E-state index is -3.08. The van der Waals surface area contributed by atoms with Crippen molar-refractivity contribution in [3.8, 4) is 0 Å². The van der Waals surface area contributed by atoms with Crippen molar-refractivity contribution in [3.05, 3.63) is 0 Å². The van der Waals surface area contributed by atoms with Crippen molar-refractivity contribution in [1.82, 2.24) is 15.4 Å². The maximum Gasteiger partial charge on any atom is 0.208 e. The highest BCUT2D eigenvalue weighted by Crippen LogP contribution is 1.97. The molecule has 0 fully saturated rings. The van der Waals surface area contributed by atoms with Crippen LogP contribution in [0.5, 0.6) is 0 Å². The van der Waals surface area contributed by atoms with Crippen molar-refractivity contribution in [1.29, 1.82) is 0 Å². The van der Waals surface area contributed by atoms with Crippen molar-refractivity contribution in [3.63, 3.8) is 0 Å². The van der Waals surface area contributed by atoms with E-state index >= 15 is 0 Å². The molecule has 0 aliphatic heterocycles. The van der Waals surface area contributed by atoms with Crippen LogP contribution in [0.15, 0.2) is 4.99 Å². The molecule has 0 rings (SSSR count). The summed E-state index contributed by atoms with van der Waals surface area (Å²) < 4.78 is 24.1. The van der Waals surface area contributed by atoms with E-state index in [1.165, 1.54) is 12.2 Å². The lowest BCUT2D eigenvalue weighted by Crippen LogP contribution is -2.39. The van der Waals surface area contributed by atoms with Crippen LogP contribution in [0.2, 0.25) is 0 Å². The molecule has 0 saturated heterocycles. The maximum absolute atomic E-state index is 10.8. The average molecular weight is 438 g/mol. The predicted octanol–water partition coefficient (Wildman–Crippen LogP) is 0.852. The van der Waals surface area contributed by atoms with Crippen LogP contribution in [0.1, 0.15) is 19.3 Å². The number of nitrogens with one attached hydrogen (secondary N) is 3. The Bertz CT molecular complexity index is 350. The SMILES string of the molecule is CN=C(NCCCCSC)NCCCNS(C)(=O)=O.I. The van der Waals surface area contributed by atoms with Crippen LogP contribution in [0.25, 0.3) is 0 Å². The maximum atomic E-state index is 10.8. The summed E-state index contributed by atoms with van der Waals surface area (Å²) in [5.41, 5.74) is 0. The second-order valence-corrected chi connectivity index (χ2v) is 6.96. The van der Waals surface area contributed by atoms with E-state index in [9.17, 15) is 8.42 Å². The van der Waals surface area contributed by atoms with Crippen molar-refractivity contribution >= 4 is 51.7 Å². The highest BCUT2D eigenvalue weighted by molar-refractivity contribution is 14.0. The molecule has 6 nitrogen and oxygen atoms in total. The van der Waals surface area contributed by atoms with Gasteiger partial charge in [0.25, 0.3) is 0 Å². The Kier molecular flexibility index (Phi) is 16.0. The van der Waals surface area contributed by atoms with Gasteiger partial charge in [0, 0.05) is 26.7 Å². The molecular weight excluding hydrogens is 411 g/mol. The Balaban J connectivity index is 0. The molecule has 0 spiro atoms. The highest BCUT2D eigenvalue weighted by Gasteiger charge is 2.00. The van der Waals surface area contributed by atoms with E-state index in [2.05, 4.69) is 26.6 Å². The van der Waals surface area contributed by atoms with Gasteiger partial charge >= 0.3 is 0 Å². The summed E-state index contributed by atoms with van der Waals surface area (Å²) in [6, 6.07) is 0. The third-order valence-corrected chi connectivity index (χ3v) is 3.73. The van der Waals surface area contributed by atoms with Gasteiger partial charge in [0.2, 0.25) is 10.0 Å². The standard InChI is InChI=1S/C11H26N4O2S2.HI/c1-12-11(13-7-4-5-10-18-2)14-8-6-9-15-19(3,16)17;/h15H,4-10H2,1-3H3,(H2,12,13,14);1H. The van der Waals surface area contributed by atoms with Crippen LogP contribution in [-0.4, -0.2) is 59.3 Å². The number of nitrogens with zero attached hydrogens (tertiary/aromatic N) is 1. The second kappa shape index (κ2) is 14.2. The third-order valence-electron chi connectivity index (χ3n) is 2.30. The van der Waals surface area contributed by atoms with Gasteiger partial charge in [0.05, 0.1) is 6.26 Å². The molecule has 0 aliphatic carbocycles. The molecule has 0 aromatic carbocycles. The number of halogens is 1. The van der Waals surface area contributed by atoms with Crippen LogP contribution in [-0.2, 0) is 10.0 Å². The molecule has 0 radical (unpaired) electrons. The first-order chi connectivity index (χ1) is 8.99. The zero-order valence-corrected chi connectivity index (χ0v) is 16.4. The highest BCUT2D eigenvalue weighted by atomic mass is 127. The summed E-state index contributed by atoms with van der Waals surface area (Å²) in [6.45, 7) is 2.03. The third kappa shape index (κ3) is 16.3. The summed E-state index contributed by atoms with van der Waals surface area (Å²) in [4.78, 5) is 4.10. The van der Waals surface area contributed by atoms with E-state index in [4.69, 9.17) is 0 Å². The van der Waals surface area contributed by atoms with Gasteiger partial charge in [-0.3, -0.25) is 4.99 Å². The quantitative estimate of drug-likeness (QED) is 0.204. The van der Waals surface area contributed by atoms with Gasteiger partial charge in [0.1, 0.15) is 0 Å². The Morgan fingerprint density at radius 1 is 1.10 bits per heavy atom. The molecule has 122 valence electrons. The molecule has 9 heteroatoms. The van der Waals surface area contributed by atoms with Crippen LogP contribution in [0.4, 0.5) is 0 Å². The number of unbranched alkanes of at least 4 members (excludes halogenated alkanes) is 1. The number of rotatable bonds is 10. The molecule has 0 heterocycles. The van der Waals surface area contributed by atoms with E-state index in [0.29, 0.717) is 13.1 Å². The Hall–Kier alpha value is 0.260. The molecule has 0 amide bonds. The van der Waals surface area contributed by atoms with Gasteiger partial charge in [-0.05, 0) is 31.3 Å². The van der Waals surface area contributed by atoms with Crippen molar-refractivity contribution < 1.29 is 8.42 Å². The molecule has 3 N–H and O–H groups in total. The molecule has 20 heavy (non-hydrogen) atoms. The van der Waals surface area contributed by atoms with Crippen molar-refractivity contribution in [2.45, 2.75) is 19.3 Å². The Morgan fingerprint density at radius 3 is 2.20 bits per heavy atom. The molecule has 0 aliphatic rings. The molecule has 0 aromatic rings. The normalized spacial score (nSPS) is 11.8. The lowest BCUT2D eigenvalue weighted by Gasteiger charge is -2.11. The minimum Gasteiger partial charge on any atom is -0.356 e. The summed E-state index contributed by atoms with van der Waals surface area (Å²) in [5.74, 6) is 1.95. The van der Waals surface area contributed by atoms with Crippen LogP contribution in [0, 0.1) is 0 Å². The first-order valence-electron chi connectivity index (χ1n) is 6.37. The smallest absolute Gasteiger partial charge is 0.208 e. The predicted molar refractivity (Wildman–Crippen MR) is 99.9 cm³/mol. The van der Waals surface area contributed by atoms with Crippen LogP contribution in [0.3, 0.4) is 0 Å². The van der Waals surface area contributed by atoms with Crippen LogP contribution < -0.4 is 15.4 Å². The Morgan fingerprint density at radius 2 is 1.70 bits per heavy atom. The number of aliphatic imine (C=N–C) groups is 1. The number of guanidine groups is 1. The van der Waals surface area contributed by atoms with Gasteiger partial charge < -0.3 is 10.6 Å². The molecule has 0 atom stereocenters. The zero-order chi connectivity index (χ0) is 14.6. The fraction of sp³-hybridized carbons (Fsp3) is 0.909. The number of thioether (sulfide) groups is 1. The van der Waals surface area contributed by atoms with Gasteiger partial charge in [-0.2, -0.15) is 11.8 Å². The van der Waals surface area contributed by atoms with E-state index in [1.54, 1.807) is 7.05 Å². The van der Waals surface area contributed by atoms with Crippen molar-refractivity contribution in [2.24, 2.45) is 4.99 Å². The first kappa shape index (κ1) is 22.5. The molecule has 0 aromatic heterocycles. The topological polar surface area (TPSA) is 82.6 Å². The monoisotopic (exact) mass is 438 g/mol. The lowest BCUT2D eigenvalue weighted by atomic mass is 10.3. The summed E-state index contributed by atoms with van der Waals surface area (Å²) in [5, 5.41) is 6.37. The fourth-order valence-corrected chi connectivity index (χ4v) is 2.36. The lowest BCUT2D eigenvalue weighted by molar-refractivity contribution is 0.584. The molecule has 0 saturated carbocycles. The van der Waals surface area contributed by atoms with Gasteiger partial charge in [-0.25, -0.2) is 13.1 Å². The summed E-state index contributed by atoms with van der Waals surface area (Å²) >= 11 is 1.86. The molecule has 0 unspecified atom stereocenters. The molecular formula is C11H27IN4O2S2. The second-order valence-electron chi connectivity index (χ2n) is 4.15. The number of hydrogen-bond donors (Lipinski definition) is 3. The largest absolute Gasteiger partial charge is 0.356 e. The summed E-state index contributed by atoms with van der Waals surface area (Å²) in [7, 11) is -1.35. The fourth-order valence-electron chi connectivity index (χ4n) is 1.35. The van der Waals surface area contributed by atoms with E-state index in [-0.39, 0.29) is 24.0 Å². The number of sulfonamides is 1. The summed E-state index contributed by atoms with van der Waals surface area (Å²) in [6.07, 6.45) is 6.31. The average Bonchev–Trinajstić information content (AvgIpc) is 2.34. The van der Waals surface area contributed by atoms with E-state index in [1.807, 2.05) is 11.8 Å². The molecule has 0 bridgehead atoms. The van der Waals surface area contributed by atoms with Crippen LogP contribution >= 0.6 is 35.7 Å². The van der Waals surface area contributed by atoms with Crippen molar-refractivity contribution in [2.75, 3.05) is 44.9 Å². The van der Waals surface area contributed by atoms with Gasteiger partial charge in [-0.15, -0.1) is 24.0 Å².